The summed E-state index contributed by atoms with van der Waals surface area (Å²) in [6, 6.07) is 12.1. The molecule has 0 radical (unpaired) electrons. The van der Waals surface area contributed by atoms with Gasteiger partial charge in [-0.1, -0.05) is 0 Å². The van der Waals surface area contributed by atoms with Crippen LogP contribution in [0.1, 0.15) is 0 Å². The molecule has 0 bridgehead atoms. The van der Waals surface area contributed by atoms with Crippen molar-refractivity contribution in [1.82, 2.24) is 14.2 Å². The van der Waals surface area contributed by atoms with Gasteiger partial charge in [0.2, 0.25) is 5.91 Å². The minimum Gasteiger partial charge on any atom is -0.497 e. The van der Waals surface area contributed by atoms with Gasteiger partial charge in [0, 0.05) is 24.0 Å². The average Bonchev–Trinajstić information content (AvgIpc) is 3.30. The lowest BCUT2D eigenvalue weighted by atomic mass is 10.1. The van der Waals surface area contributed by atoms with E-state index in [1.807, 2.05) is 6.07 Å². The molecule has 0 saturated heterocycles. The van der Waals surface area contributed by atoms with Crippen LogP contribution in [0.3, 0.4) is 0 Å². The van der Waals surface area contributed by atoms with Crippen LogP contribution in [0.25, 0.3) is 16.8 Å². The number of fused-ring (bicyclic) bond motifs is 1. The number of ether oxygens (including phenoxy) is 4. The number of nitrogens with one attached hydrogen (secondary N) is 1. The van der Waals surface area contributed by atoms with E-state index in [-0.39, 0.29) is 12.1 Å². The first-order valence-corrected chi connectivity index (χ1v) is 10.3. The molecule has 1 amide bonds. The highest BCUT2D eigenvalue weighted by Gasteiger charge is 2.14. The zero-order valence-electron chi connectivity index (χ0n) is 19.2. The second kappa shape index (κ2) is 9.57. The van der Waals surface area contributed by atoms with Crippen molar-refractivity contribution in [2.45, 2.75) is 6.54 Å². The number of benzene rings is 2. The quantitative estimate of drug-likeness (QED) is 0.427. The number of rotatable bonds is 8. The van der Waals surface area contributed by atoms with Crippen LogP contribution in [0.15, 0.2) is 59.7 Å². The largest absolute Gasteiger partial charge is 0.497 e. The summed E-state index contributed by atoms with van der Waals surface area (Å²) in [6.07, 6.45) is 3.14. The molecule has 4 rings (SSSR count). The maximum absolute atomic E-state index is 13.0. The summed E-state index contributed by atoms with van der Waals surface area (Å²) in [7, 11) is 6.15. The third-order valence-corrected chi connectivity index (χ3v) is 5.28. The van der Waals surface area contributed by atoms with E-state index in [4.69, 9.17) is 18.9 Å². The second-order valence-corrected chi connectivity index (χ2v) is 7.27. The van der Waals surface area contributed by atoms with Crippen molar-refractivity contribution in [2.24, 2.45) is 0 Å². The molecule has 10 nitrogen and oxygen atoms in total. The van der Waals surface area contributed by atoms with Crippen molar-refractivity contribution in [2.75, 3.05) is 33.8 Å². The third-order valence-electron chi connectivity index (χ3n) is 5.28. The highest BCUT2D eigenvalue weighted by molar-refractivity contribution is 5.92. The fraction of sp³-hybridized carbons (Fsp3) is 0.208. The van der Waals surface area contributed by atoms with Crippen LogP contribution in [0.5, 0.6) is 23.0 Å². The number of methoxy groups -OCH3 is 4. The van der Waals surface area contributed by atoms with Gasteiger partial charge in [0.05, 0.1) is 39.8 Å². The second-order valence-electron chi connectivity index (χ2n) is 7.27. The molecule has 34 heavy (non-hydrogen) atoms. The number of carbonyl (C=O) groups excluding carboxylic acids is 1. The van der Waals surface area contributed by atoms with Gasteiger partial charge in [-0.05, 0) is 36.4 Å². The normalized spacial score (nSPS) is 10.7. The smallest absolute Gasteiger partial charge is 0.277 e. The molecule has 4 aromatic rings. The summed E-state index contributed by atoms with van der Waals surface area (Å²) in [4.78, 5) is 25.7. The summed E-state index contributed by atoms with van der Waals surface area (Å²) in [5, 5.41) is 7.24. The Bertz CT molecular complexity index is 1410. The molecule has 0 aliphatic heterocycles. The van der Waals surface area contributed by atoms with Gasteiger partial charge in [-0.25, -0.2) is 4.52 Å². The predicted molar refractivity (Wildman–Crippen MR) is 126 cm³/mol. The molecule has 0 fully saturated rings. The number of nitrogens with zero attached hydrogens (tertiary/aromatic N) is 3. The molecule has 0 aliphatic carbocycles. The Morgan fingerprint density at radius 2 is 1.62 bits per heavy atom. The molecule has 1 N–H and O–H groups in total. The molecule has 176 valence electrons. The zero-order chi connectivity index (χ0) is 24.2. The highest BCUT2D eigenvalue weighted by Crippen LogP contribution is 2.32. The maximum Gasteiger partial charge on any atom is 0.277 e. The molecule has 2 aromatic carbocycles. The lowest BCUT2D eigenvalue weighted by Gasteiger charge is -2.12. The van der Waals surface area contributed by atoms with Gasteiger partial charge in [-0.15, -0.1) is 0 Å². The van der Waals surface area contributed by atoms with Crippen LogP contribution >= 0.6 is 0 Å². The Hall–Kier alpha value is -4.47. The van der Waals surface area contributed by atoms with Gasteiger partial charge in [0.25, 0.3) is 5.56 Å². The van der Waals surface area contributed by atoms with Crippen molar-refractivity contribution in [3.63, 3.8) is 0 Å². The Balaban J connectivity index is 1.60. The number of anilines is 1. The van der Waals surface area contributed by atoms with Gasteiger partial charge in [0.1, 0.15) is 23.6 Å². The molecule has 0 spiro atoms. The fourth-order valence-electron chi connectivity index (χ4n) is 3.54. The van der Waals surface area contributed by atoms with E-state index in [9.17, 15) is 9.59 Å². The van der Waals surface area contributed by atoms with Crippen LogP contribution < -0.4 is 29.8 Å². The van der Waals surface area contributed by atoms with Crippen LogP contribution in [0.2, 0.25) is 0 Å². The lowest BCUT2D eigenvalue weighted by molar-refractivity contribution is -0.116. The molecular formula is C24H24N4O6. The predicted octanol–water partition coefficient (Wildman–Crippen LogP) is 2.84. The first-order chi connectivity index (χ1) is 16.5. The first-order valence-electron chi connectivity index (χ1n) is 10.3. The van der Waals surface area contributed by atoms with E-state index < -0.39 is 5.91 Å². The van der Waals surface area contributed by atoms with E-state index in [2.05, 4.69) is 10.4 Å². The standard InChI is InChI=1S/C24H24N4O6/c1-31-16-6-8-20(32-2)18(12-16)25-23(29)14-27-9-10-28-19(24(27)30)13-17(26-28)15-5-7-21(33-3)22(11-15)34-4/h5-13H,14H2,1-4H3,(H,25,29). The maximum atomic E-state index is 13.0. The Morgan fingerprint density at radius 1 is 0.882 bits per heavy atom. The van der Waals surface area contributed by atoms with Gasteiger partial charge >= 0.3 is 0 Å². The van der Waals surface area contributed by atoms with Crippen LogP contribution in [-0.2, 0) is 11.3 Å². The number of amides is 1. The van der Waals surface area contributed by atoms with Crippen molar-refractivity contribution in [3.8, 4) is 34.3 Å². The average molecular weight is 464 g/mol. The number of hydrogen-bond donors (Lipinski definition) is 1. The van der Waals surface area contributed by atoms with Crippen molar-refractivity contribution < 1.29 is 23.7 Å². The molecule has 0 unspecified atom stereocenters. The number of hydrogen-bond acceptors (Lipinski definition) is 7. The SMILES string of the molecule is COc1ccc(OC)c(NC(=O)Cn2ccn3nc(-c4ccc(OC)c(OC)c4)cc3c2=O)c1. The summed E-state index contributed by atoms with van der Waals surface area (Å²) in [5.41, 5.74) is 1.77. The summed E-state index contributed by atoms with van der Waals surface area (Å²) < 4.78 is 23.9. The van der Waals surface area contributed by atoms with Crippen LogP contribution in [-0.4, -0.2) is 48.5 Å². The minimum absolute atomic E-state index is 0.188. The van der Waals surface area contributed by atoms with E-state index in [0.29, 0.717) is 39.9 Å². The van der Waals surface area contributed by atoms with E-state index in [1.54, 1.807) is 56.8 Å². The molecule has 2 heterocycles. The van der Waals surface area contributed by atoms with Crippen molar-refractivity contribution >= 4 is 17.1 Å². The van der Waals surface area contributed by atoms with Crippen molar-refractivity contribution in [1.29, 1.82) is 0 Å². The van der Waals surface area contributed by atoms with E-state index in [0.717, 1.165) is 5.56 Å². The summed E-state index contributed by atoms with van der Waals surface area (Å²) in [6.45, 7) is -0.188. The monoisotopic (exact) mass is 464 g/mol. The molecule has 2 aromatic heterocycles. The van der Waals surface area contributed by atoms with E-state index in [1.165, 1.54) is 29.5 Å². The Labute approximate surface area is 195 Å². The van der Waals surface area contributed by atoms with Gasteiger partial charge in [-0.3, -0.25) is 9.59 Å². The third kappa shape index (κ3) is 4.38. The minimum atomic E-state index is -0.391. The van der Waals surface area contributed by atoms with Gasteiger partial charge < -0.3 is 28.8 Å². The molecular weight excluding hydrogens is 440 g/mol. The first kappa shape index (κ1) is 22.7. The fourth-order valence-corrected chi connectivity index (χ4v) is 3.54. The van der Waals surface area contributed by atoms with Crippen LogP contribution in [0.4, 0.5) is 5.69 Å². The zero-order valence-corrected chi connectivity index (χ0v) is 19.2. The Kier molecular flexibility index (Phi) is 6.39. The number of aromatic nitrogens is 3. The molecule has 0 atom stereocenters. The summed E-state index contributed by atoms with van der Waals surface area (Å²) >= 11 is 0. The molecule has 10 heteroatoms. The highest BCUT2D eigenvalue weighted by atomic mass is 16.5. The lowest BCUT2D eigenvalue weighted by Crippen LogP contribution is -2.28. The van der Waals surface area contributed by atoms with Crippen LogP contribution in [0, 0.1) is 0 Å². The van der Waals surface area contributed by atoms with Gasteiger partial charge in [-0.2, -0.15) is 5.10 Å². The summed E-state index contributed by atoms with van der Waals surface area (Å²) in [5.74, 6) is 1.80. The van der Waals surface area contributed by atoms with Crippen molar-refractivity contribution in [3.05, 3.63) is 65.2 Å². The van der Waals surface area contributed by atoms with Gasteiger partial charge in [0.15, 0.2) is 11.5 Å². The Morgan fingerprint density at radius 3 is 2.32 bits per heavy atom. The molecule has 0 aliphatic rings. The van der Waals surface area contributed by atoms with E-state index >= 15 is 0 Å². The molecule has 0 saturated carbocycles. The topological polar surface area (TPSA) is 105 Å². The number of carbonyl (C=O) groups is 1.